The maximum atomic E-state index is 5.98. The van der Waals surface area contributed by atoms with Gasteiger partial charge < -0.3 is 5.73 Å². The molecule has 1 saturated carbocycles. The van der Waals surface area contributed by atoms with E-state index in [9.17, 15) is 0 Å². The highest BCUT2D eigenvalue weighted by molar-refractivity contribution is 5.77. The van der Waals surface area contributed by atoms with Crippen LogP contribution < -0.4 is 5.73 Å². The van der Waals surface area contributed by atoms with Gasteiger partial charge in [-0.15, -0.1) is 0 Å². The highest BCUT2D eigenvalue weighted by atomic mass is 15.3. The minimum atomic E-state index is 0.617. The number of hydrogen-bond donors (Lipinski definition) is 1. The van der Waals surface area contributed by atoms with Crippen LogP contribution in [0, 0.1) is 12.8 Å². The van der Waals surface area contributed by atoms with Gasteiger partial charge in [-0.25, -0.2) is 4.98 Å². The van der Waals surface area contributed by atoms with Crippen LogP contribution in [0.1, 0.15) is 31.4 Å². The third-order valence-corrected chi connectivity index (χ3v) is 3.61. The Morgan fingerprint density at radius 3 is 2.88 bits per heavy atom. The third-order valence-electron chi connectivity index (χ3n) is 3.61. The van der Waals surface area contributed by atoms with Crippen LogP contribution in [0.5, 0.6) is 0 Å². The van der Waals surface area contributed by atoms with Crippen LogP contribution in [-0.2, 0) is 13.6 Å². The molecule has 0 saturated heterocycles. The molecule has 0 radical (unpaired) electrons. The molecule has 1 fully saturated rings. The molecule has 0 unspecified atom stereocenters. The summed E-state index contributed by atoms with van der Waals surface area (Å²) in [6.07, 6.45) is 5.33. The summed E-state index contributed by atoms with van der Waals surface area (Å²) in [6, 6.07) is 0. The molecule has 2 heterocycles. The Labute approximate surface area is 101 Å². The SMILES string of the molecule is Cc1nn(C)c2c1nc(N)n2CCCC1CC1. The summed E-state index contributed by atoms with van der Waals surface area (Å²) in [5.41, 5.74) is 8.93. The molecule has 2 N–H and O–H groups in total. The summed E-state index contributed by atoms with van der Waals surface area (Å²) in [6.45, 7) is 2.93. The van der Waals surface area contributed by atoms with Crippen molar-refractivity contribution in [2.24, 2.45) is 13.0 Å². The standard InChI is InChI=1S/C12H19N5/c1-8-10-11(16(2)15-8)17(12(13)14-10)7-3-4-9-5-6-9/h9H,3-7H2,1-2H3,(H2,13,14). The van der Waals surface area contributed by atoms with E-state index < -0.39 is 0 Å². The molecule has 2 aromatic rings. The lowest BCUT2D eigenvalue weighted by Crippen LogP contribution is -2.07. The van der Waals surface area contributed by atoms with Gasteiger partial charge in [-0.2, -0.15) is 5.10 Å². The van der Waals surface area contributed by atoms with Crippen LogP contribution in [-0.4, -0.2) is 19.3 Å². The smallest absolute Gasteiger partial charge is 0.202 e. The number of anilines is 1. The number of nitrogens with zero attached hydrogens (tertiary/aromatic N) is 4. The lowest BCUT2D eigenvalue weighted by atomic mass is 10.2. The van der Waals surface area contributed by atoms with Crippen molar-refractivity contribution in [3.8, 4) is 0 Å². The molecule has 5 nitrogen and oxygen atoms in total. The van der Waals surface area contributed by atoms with Gasteiger partial charge in [0.05, 0.1) is 5.69 Å². The highest BCUT2D eigenvalue weighted by Gasteiger charge is 2.21. The zero-order chi connectivity index (χ0) is 12.0. The van der Waals surface area contributed by atoms with Gasteiger partial charge >= 0.3 is 0 Å². The van der Waals surface area contributed by atoms with E-state index in [0.29, 0.717) is 5.95 Å². The molecule has 1 aliphatic rings. The molecule has 0 bridgehead atoms. The first-order valence-electron chi connectivity index (χ1n) is 6.32. The molecule has 92 valence electrons. The van der Waals surface area contributed by atoms with E-state index in [4.69, 9.17) is 5.73 Å². The van der Waals surface area contributed by atoms with Crippen molar-refractivity contribution in [3.05, 3.63) is 5.69 Å². The van der Waals surface area contributed by atoms with Crippen LogP contribution in [0.15, 0.2) is 0 Å². The molecule has 0 aromatic carbocycles. The average molecular weight is 233 g/mol. The van der Waals surface area contributed by atoms with Crippen LogP contribution >= 0.6 is 0 Å². The second kappa shape index (κ2) is 3.75. The largest absolute Gasteiger partial charge is 0.369 e. The van der Waals surface area contributed by atoms with Crippen molar-refractivity contribution in [1.29, 1.82) is 0 Å². The fourth-order valence-electron chi connectivity index (χ4n) is 2.52. The fraction of sp³-hybridized carbons (Fsp3) is 0.667. The minimum absolute atomic E-state index is 0.617. The van der Waals surface area contributed by atoms with Crippen molar-refractivity contribution in [1.82, 2.24) is 19.3 Å². The van der Waals surface area contributed by atoms with E-state index in [2.05, 4.69) is 14.6 Å². The summed E-state index contributed by atoms with van der Waals surface area (Å²) in [7, 11) is 1.95. The molecule has 17 heavy (non-hydrogen) atoms. The maximum Gasteiger partial charge on any atom is 0.202 e. The Bertz CT molecular complexity index is 547. The first-order chi connectivity index (χ1) is 8.16. The zero-order valence-corrected chi connectivity index (χ0v) is 10.5. The predicted octanol–water partition coefficient (Wildman–Crippen LogP) is 1.85. The molecular formula is C12H19N5. The van der Waals surface area contributed by atoms with Crippen molar-refractivity contribution in [2.45, 2.75) is 39.2 Å². The molecule has 0 aliphatic heterocycles. The lowest BCUT2D eigenvalue weighted by Gasteiger charge is -2.06. The lowest BCUT2D eigenvalue weighted by molar-refractivity contribution is 0.580. The summed E-state index contributed by atoms with van der Waals surface area (Å²) < 4.78 is 3.98. The number of aromatic nitrogens is 4. The van der Waals surface area contributed by atoms with Gasteiger partial charge in [-0.1, -0.05) is 12.8 Å². The number of nitrogens with two attached hydrogens (primary N) is 1. The predicted molar refractivity (Wildman–Crippen MR) is 67.6 cm³/mol. The van der Waals surface area contributed by atoms with Crippen LogP contribution in [0.2, 0.25) is 0 Å². The van der Waals surface area contributed by atoms with Gasteiger partial charge in [0.2, 0.25) is 5.95 Å². The van der Waals surface area contributed by atoms with Crippen LogP contribution in [0.4, 0.5) is 5.95 Å². The zero-order valence-electron chi connectivity index (χ0n) is 10.5. The second-order valence-electron chi connectivity index (χ2n) is 5.09. The van der Waals surface area contributed by atoms with E-state index in [-0.39, 0.29) is 0 Å². The molecule has 5 heteroatoms. The maximum absolute atomic E-state index is 5.98. The molecule has 1 aliphatic carbocycles. The quantitative estimate of drug-likeness (QED) is 0.876. The van der Waals surface area contributed by atoms with Crippen molar-refractivity contribution in [3.63, 3.8) is 0 Å². The van der Waals surface area contributed by atoms with Gasteiger partial charge in [0.25, 0.3) is 0 Å². The van der Waals surface area contributed by atoms with Crippen molar-refractivity contribution < 1.29 is 0 Å². The van der Waals surface area contributed by atoms with Gasteiger partial charge in [0.1, 0.15) is 5.52 Å². The second-order valence-corrected chi connectivity index (χ2v) is 5.09. The van der Waals surface area contributed by atoms with Gasteiger partial charge in [-0.05, 0) is 25.7 Å². The summed E-state index contributed by atoms with van der Waals surface area (Å²) in [4.78, 5) is 4.40. The number of aryl methyl sites for hydroxylation is 3. The number of rotatable bonds is 4. The fourth-order valence-corrected chi connectivity index (χ4v) is 2.52. The van der Waals surface area contributed by atoms with Gasteiger partial charge in [-0.3, -0.25) is 9.25 Å². The number of nitrogen functional groups attached to an aromatic ring is 1. The Hall–Kier alpha value is -1.52. The summed E-state index contributed by atoms with van der Waals surface area (Å²) in [5, 5.41) is 4.39. The highest BCUT2D eigenvalue weighted by Crippen LogP contribution is 2.34. The normalized spacial score (nSPS) is 15.9. The molecule has 2 aromatic heterocycles. The Kier molecular flexibility index (Phi) is 2.34. The topological polar surface area (TPSA) is 61.7 Å². The van der Waals surface area contributed by atoms with E-state index >= 15 is 0 Å². The molecule has 0 amide bonds. The van der Waals surface area contributed by atoms with Crippen molar-refractivity contribution in [2.75, 3.05) is 5.73 Å². The Morgan fingerprint density at radius 2 is 2.18 bits per heavy atom. The Balaban J connectivity index is 1.87. The number of imidazole rings is 1. The summed E-state index contributed by atoms with van der Waals surface area (Å²) in [5.74, 6) is 1.59. The molecule has 0 atom stereocenters. The van der Waals surface area contributed by atoms with E-state index in [1.165, 1.54) is 25.7 Å². The number of hydrogen-bond acceptors (Lipinski definition) is 3. The molecular weight excluding hydrogens is 214 g/mol. The first-order valence-corrected chi connectivity index (χ1v) is 6.32. The summed E-state index contributed by atoms with van der Waals surface area (Å²) >= 11 is 0. The van der Waals surface area contributed by atoms with Crippen molar-refractivity contribution >= 4 is 17.1 Å². The van der Waals surface area contributed by atoms with E-state index in [0.717, 1.165) is 29.3 Å². The van der Waals surface area contributed by atoms with E-state index in [1.807, 2.05) is 18.7 Å². The monoisotopic (exact) mass is 233 g/mol. The minimum Gasteiger partial charge on any atom is -0.369 e. The van der Waals surface area contributed by atoms with E-state index in [1.54, 1.807) is 0 Å². The molecule has 3 rings (SSSR count). The third kappa shape index (κ3) is 1.79. The van der Waals surface area contributed by atoms with Crippen LogP contribution in [0.3, 0.4) is 0 Å². The van der Waals surface area contributed by atoms with Gasteiger partial charge in [0, 0.05) is 13.6 Å². The van der Waals surface area contributed by atoms with Crippen LogP contribution in [0.25, 0.3) is 11.2 Å². The van der Waals surface area contributed by atoms with Gasteiger partial charge in [0.15, 0.2) is 5.65 Å². The molecule has 0 spiro atoms. The average Bonchev–Trinajstić information content (AvgIpc) is 2.97. The number of fused-ring (bicyclic) bond motifs is 1. The Morgan fingerprint density at radius 1 is 1.41 bits per heavy atom. The first kappa shape index (κ1) is 10.6.